The molecule has 5 unspecified atom stereocenters. The van der Waals surface area contributed by atoms with Crippen LogP contribution in [0.2, 0.25) is 0 Å². The summed E-state index contributed by atoms with van der Waals surface area (Å²) in [7, 11) is 0. The molecule has 0 saturated carbocycles. The molecule has 0 nitrogen and oxygen atoms in total. The molecule has 0 radical (unpaired) electrons. The molecule has 0 heterocycles. The van der Waals surface area contributed by atoms with E-state index in [0.29, 0.717) is 0 Å². The van der Waals surface area contributed by atoms with Gasteiger partial charge < -0.3 is 0 Å². The minimum Gasteiger partial charge on any atom is -0.0654 e. The molecule has 0 fully saturated rings. The Kier molecular flexibility index (Phi) is 24.7. The van der Waals surface area contributed by atoms with Crippen molar-refractivity contribution in [2.45, 2.75) is 190 Å². The van der Waals surface area contributed by atoms with Crippen molar-refractivity contribution in [2.24, 2.45) is 29.6 Å². The monoisotopic (exact) mass is 479 g/mol. The average Bonchev–Trinajstić information content (AvgIpc) is 2.82. The first-order valence-electron chi connectivity index (χ1n) is 16.4. The van der Waals surface area contributed by atoms with E-state index >= 15 is 0 Å². The zero-order valence-corrected chi connectivity index (χ0v) is 25.4. The van der Waals surface area contributed by atoms with Crippen molar-refractivity contribution in [3.05, 3.63) is 0 Å². The predicted octanol–water partition coefficient (Wildman–Crippen LogP) is 12.8. The molecule has 0 aliphatic carbocycles. The van der Waals surface area contributed by atoms with Crippen LogP contribution in [-0.4, -0.2) is 0 Å². The minimum atomic E-state index is 0.907. The van der Waals surface area contributed by atoms with Crippen molar-refractivity contribution in [3.63, 3.8) is 0 Å². The Morgan fingerprint density at radius 2 is 0.618 bits per heavy atom. The first-order chi connectivity index (χ1) is 16.4. The third-order valence-corrected chi connectivity index (χ3v) is 8.94. The fourth-order valence-corrected chi connectivity index (χ4v) is 5.69. The highest BCUT2D eigenvalue weighted by Gasteiger charge is 2.14. The first-order valence-corrected chi connectivity index (χ1v) is 16.4. The summed E-state index contributed by atoms with van der Waals surface area (Å²) in [4.78, 5) is 0. The second kappa shape index (κ2) is 24.7. The van der Waals surface area contributed by atoms with Gasteiger partial charge in [0.1, 0.15) is 0 Å². The first kappa shape index (κ1) is 34.0. The van der Waals surface area contributed by atoms with E-state index in [1.807, 2.05) is 0 Å². The van der Waals surface area contributed by atoms with Crippen LogP contribution in [0.25, 0.3) is 0 Å². The van der Waals surface area contributed by atoms with E-state index in [4.69, 9.17) is 0 Å². The average molecular weight is 479 g/mol. The molecule has 0 N–H and O–H groups in total. The second-order valence-corrected chi connectivity index (χ2v) is 12.8. The maximum atomic E-state index is 2.53. The zero-order chi connectivity index (χ0) is 25.4. The second-order valence-electron chi connectivity index (χ2n) is 12.8. The van der Waals surface area contributed by atoms with Gasteiger partial charge in [-0.2, -0.15) is 0 Å². The highest BCUT2D eigenvalue weighted by atomic mass is 14.2. The number of hydrogen-bond donors (Lipinski definition) is 0. The Bertz CT molecular complexity index is 385. The third-order valence-electron chi connectivity index (χ3n) is 8.94. The van der Waals surface area contributed by atoms with Gasteiger partial charge in [-0.3, -0.25) is 0 Å². The summed E-state index contributed by atoms with van der Waals surface area (Å²) in [5, 5.41) is 0. The molecular formula is C34H70. The van der Waals surface area contributed by atoms with E-state index in [0.717, 1.165) is 29.6 Å². The lowest BCUT2D eigenvalue weighted by atomic mass is 9.84. The SMILES string of the molecule is CCCCCCCCC(C)CCCC(C)C(C)CCC(C)CCCCC(C)CCCCCCC. The van der Waals surface area contributed by atoms with Crippen molar-refractivity contribution in [1.29, 1.82) is 0 Å². The van der Waals surface area contributed by atoms with Gasteiger partial charge in [-0.15, -0.1) is 0 Å². The van der Waals surface area contributed by atoms with Crippen LogP contribution in [0.1, 0.15) is 190 Å². The third kappa shape index (κ3) is 22.5. The zero-order valence-electron chi connectivity index (χ0n) is 25.4. The largest absolute Gasteiger partial charge is 0.0654 e. The van der Waals surface area contributed by atoms with E-state index in [1.165, 1.54) is 141 Å². The van der Waals surface area contributed by atoms with Crippen molar-refractivity contribution < 1.29 is 0 Å². The molecule has 34 heavy (non-hydrogen) atoms. The van der Waals surface area contributed by atoms with E-state index in [-0.39, 0.29) is 0 Å². The smallest absolute Gasteiger partial charge is 0.0417 e. The van der Waals surface area contributed by atoms with Gasteiger partial charge in [0, 0.05) is 0 Å². The van der Waals surface area contributed by atoms with Crippen LogP contribution in [0.5, 0.6) is 0 Å². The molecule has 0 aromatic carbocycles. The van der Waals surface area contributed by atoms with E-state index in [9.17, 15) is 0 Å². The fraction of sp³-hybridized carbons (Fsp3) is 1.00. The van der Waals surface area contributed by atoms with Gasteiger partial charge in [-0.05, 0) is 29.6 Å². The normalized spacial score (nSPS) is 16.3. The van der Waals surface area contributed by atoms with Crippen molar-refractivity contribution in [2.75, 3.05) is 0 Å². The number of rotatable bonds is 26. The van der Waals surface area contributed by atoms with Crippen molar-refractivity contribution >= 4 is 0 Å². The molecule has 0 aliphatic rings. The summed E-state index contributed by atoms with van der Waals surface area (Å²) >= 11 is 0. The minimum absolute atomic E-state index is 0.907. The van der Waals surface area contributed by atoms with Crippen LogP contribution >= 0.6 is 0 Å². The number of hydrogen-bond acceptors (Lipinski definition) is 0. The van der Waals surface area contributed by atoms with Crippen LogP contribution in [0.15, 0.2) is 0 Å². The predicted molar refractivity (Wildman–Crippen MR) is 159 cm³/mol. The molecular weight excluding hydrogens is 408 g/mol. The number of unbranched alkanes of at least 4 members (excludes halogenated alkanes) is 10. The van der Waals surface area contributed by atoms with Gasteiger partial charge in [0.2, 0.25) is 0 Å². The summed E-state index contributed by atoms with van der Waals surface area (Å²) in [5.74, 6) is 4.64. The van der Waals surface area contributed by atoms with Crippen LogP contribution < -0.4 is 0 Å². The Morgan fingerprint density at radius 3 is 1.09 bits per heavy atom. The Labute approximate surface area is 219 Å². The van der Waals surface area contributed by atoms with Gasteiger partial charge in [0.15, 0.2) is 0 Å². The molecule has 0 spiro atoms. The maximum absolute atomic E-state index is 2.53. The Hall–Kier alpha value is 0. The summed E-state index contributed by atoms with van der Waals surface area (Å²) in [6, 6.07) is 0. The van der Waals surface area contributed by atoms with Gasteiger partial charge in [0.25, 0.3) is 0 Å². The molecule has 5 atom stereocenters. The molecule has 0 heteroatoms. The summed E-state index contributed by atoms with van der Waals surface area (Å²) in [6.45, 7) is 17.2. The van der Waals surface area contributed by atoms with Crippen LogP contribution in [0, 0.1) is 29.6 Å². The van der Waals surface area contributed by atoms with Gasteiger partial charge in [-0.25, -0.2) is 0 Å². The molecule has 0 aliphatic heterocycles. The van der Waals surface area contributed by atoms with Crippen molar-refractivity contribution in [1.82, 2.24) is 0 Å². The van der Waals surface area contributed by atoms with Crippen LogP contribution in [0.4, 0.5) is 0 Å². The van der Waals surface area contributed by atoms with Crippen LogP contribution in [0.3, 0.4) is 0 Å². The standard InChI is InChI=1S/C34H70/c1-8-10-12-14-16-18-23-31(4)26-21-27-33(6)34(7)29-28-32(5)25-20-19-24-30(3)22-17-15-13-11-9-2/h30-34H,8-29H2,1-7H3. The highest BCUT2D eigenvalue weighted by molar-refractivity contribution is 4.66. The van der Waals surface area contributed by atoms with Gasteiger partial charge in [-0.1, -0.05) is 190 Å². The van der Waals surface area contributed by atoms with E-state index in [2.05, 4.69) is 48.5 Å². The van der Waals surface area contributed by atoms with Gasteiger partial charge in [0.05, 0.1) is 0 Å². The van der Waals surface area contributed by atoms with E-state index in [1.54, 1.807) is 0 Å². The molecule has 0 amide bonds. The summed E-state index contributed by atoms with van der Waals surface area (Å²) in [5.41, 5.74) is 0. The quantitative estimate of drug-likeness (QED) is 0.108. The van der Waals surface area contributed by atoms with Gasteiger partial charge >= 0.3 is 0 Å². The molecule has 0 aromatic heterocycles. The maximum Gasteiger partial charge on any atom is -0.0417 e. The fourth-order valence-electron chi connectivity index (χ4n) is 5.69. The highest BCUT2D eigenvalue weighted by Crippen LogP contribution is 2.27. The molecule has 206 valence electrons. The van der Waals surface area contributed by atoms with Crippen molar-refractivity contribution in [3.8, 4) is 0 Å². The molecule has 0 saturated heterocycles. The molecule has 0 rings (SSSR count). The lowest BCUT2D eigenvalue weighted by Crippen LogP contribution is -2.10. The Balaban J connectivity index is 3.66. The van der Waals surface area contributed by atoms with E-state index < -0.39 is 0 Å². The Morgan fingerprint density at radius 1 is 0.294 bits per heavy atom. The molecule has 0 bridgehead atoms. The van der Waals surface area contributed by atoms with Crippen LogP contribution in [-0.2, 0) is 0 Å². The lowest BCUT2D eigenvalue weighted by molar-refractivity contribution is 0.294. The summed E-state index contributed by atoms with van der Waals surface area (Å²) in [6.07, 6.45) is 31.9. The summed E-state index contributed by atoms with van der Waals surface area (Å²) < 4.78 is 0. The lowest BCUT2D eigenvalue weighted by Gasteiger charge is -2.22. The molecule has 0 aromatic rings. The topological polar surface area (TPSA) is 0 Å².